The summed E-state index contributed by atoms with van der Waals surface area (Å²) in [6.07, 6.45) is -0.734. The highest BCUT2D eigenvalue weighted by atomic mass is 32.2. The minimum absolute atomic E-state index is 0.0792. The molecule has 1 aromatic carbocycles. The second kappa shape index (κ2) is 7.74. The number of nitrogens with zero attached hydrogens (tertiary/aromatic N) is 4. The molecule has 0 aliphatic heterocycles. The lowest BCUT2D eigenvalue weighted by Crippen LogP contribution is -2.08. The highest BCUT2D eigenvalue weighted by Crippen LogP contribution is 2.30. The number of aromatic nitrogens is 3. The Morgan fingerprint density at radius 1 is 1.21 bits per heavy atom. The van der Waals surface area contributed by atoms with Crippen LogP contribution in [-0.4, -0.2) is 29.4 Å². The van der Waals surface area contributed by atoms with Crippen molar-refractivity contribution in [3.05, 3.63) is 65.5 Å². The van der Waals surface area contributed by atoms with Gasteiger partial charge in [-0.05, 0) is 17.7 Å². The quantitative estimate of drug-likeness (QED) is 0.679. The molecule has 0 aliphatic carbocycles. The van der Waals surface area contributed by atoms with Gasteiger partial charge in [0.1, 0.15) is 23.1 Å². The van der Waals surface area contributed by atoms with Gasteiger partial charge in [-0.1, -0.05) is 30.3 Å². The molecule has 144 valence electrons. The molecule has 0 atom stereocenters. The summed E-state index contributed by atoms with van der Waals surface area (Å²) in [5, 5.41) is 16.0. The second-order valence-corrected chi connectivity index (χ2v) is 7.86. The Balaban J connectivity index is 2.05. The van der Waals surface area contributed by atoms with Crippen molar-refractivity contribution in [2.24, 2.45) is 0 Å². The van der Waals surface area contributed by atoms with Gasteiger partial charge in [0, 0.05) is 12.8 Å². The Morgan fingerprint density at radius 2 is 1.93 bits per heavy atom. The molecule has 0 bridgehead atoms. The predicted octanol–water partition coefficient (Wildman–Crippen LogP) is 3.09. The fourth-order valence-electron chi connectivity index (χ4n) is 2.55. The standard InChI is InChI=1S/C18H15F2N5O2S/c1-28(26,27)15-8-7-13(11-22-15)25-18(14(9-21)16(24-25)17(19)20)23-10-12-5-3-2-4-6-12/h2-8,11,17,23H,10H2,1H3. The average molecular weight is 403 g/mol. The van der Waals surface area contributed by atoms with Crippen LogP contribution in [-0.2, 0) is 16.4 Å². The number of pyridine rings is 1. The first-order valence-corrected chi connectivity index (χ1v) is 9.96. The Hall–Kier alpha value is -3.32. The van der Waals surface area contributed by atoms with Crippen LogP contribution < -0.4 is 5.32 Å². The van der Waals surface area contributed by atoms with E-state index in [2.05, 4.69) is 15.4 Å². The van der Waals surface area contributed by atoms with Gasteiger partial charge in [0.25, 0.3) is 6.43 Å². The van der Waals surface area contributed by atoms with Crippen LogP contribution in [0.4, 0.5) is 14.6 Å². The van der Waals surface area contributed by atoms with Gasteiger partial charge in [0.15, 0.2) is 14.9 Å². The monoisotopic (exact) mass is 403 g/mol. The minimum atomic E-state index is -3.51. The zero-order valence-electron chi connectivity index (χ0n) is 14.7. The van der Waals surface area contributed by atoms with Gasteiger partial charge in [-0.3, -0.25) is 0 Å². The van der Waals surface area contributed by atoms with Crippen molar-refractivity contribution < 1.29 is 17.2 Å². The summed E-state index contributed by atoms with van der Waals surface area (Å²) in [4.78, 5) is 3.85. The molecule has 2 aromatic heterocycles. The van der Waals surface area contributed by atoms with Gasteiger partial charge in [0.05, 0.1) is 11.9 Å². The van der Waals surface area contributed by atoms with E-state index in [1.54, 1.807) is 6.07 Å². The predicted molar refractivity (Wildman–Crippen MR) is 97.9 cm³/mol. The molecule has 1 N–H and O–H groups in total. The Kier molecular flexibility index (Phi) is 5.37. The number of anilines is 1. The number of benzene rings is 1. The maximum Gasteiger partial charge on any atom is 0.283 e. The van der Waals surface area contributed by atoms with Gasteiger partial charge >= 0.3 is 0 Å². The van der Waals surface area contributed by atoms with Crippen LogP contribution in [0.1, 0.15) is 23.2 Å². The topological polar surface area (TPSA) is 101 Å². The fourth-order valence-corrected chi connectivity index (χ4v) is 3.11. The third kappa shape index (κ3) is 3.99. The number of sulfone groups is 1. The van der Waals surface area contributed by atoms with Crippen molar-refractivity contribution >= 4 is 15.7 Å². The van der Waals surface area contributed by atoms with E-state index in [0.29, 0.717) is 0 Å². The van der Waals surface area contributed by atoms with Gasteiger partial charge in [0.2, 0.25) is 0 Å². The molecule has 0 amide bonds. The van der Waals surface area contributed by atoms with E-state index in [0.717, 1.165) is 16.5 Å². The molecule has 0 radical (unpaired) electrons. The summed E-state index contributed by atoms with van der Waals surface area (Å²) >= 11 is 0. The Morgan fingerprint density at radius 3 is 2.46 bits per heavy atom. The Labute approximate surface area is 160 Å². The van der Waals surface area contributed by atoms with E-state index in [4.69, 9.17) is 0 Å². The molecule has 28 heavy (non-hydrogen) atoms. The number of hydrogen-bond donors (Lipinski definition) is 1. The first kappa shape index (κ1) is 19.4. The minimum Gasteiger partial charge on any atom is -0.365 e. The molecule has 10 heteroatoms. The summed E-state index contributed by atoms with van der Waals surface area (Å²) in [6.45, 7) is 0.277. The summed E-state index contributed by atoms with van der Waals surface area (Å²) < 4.78 is 51.0. The first-order chi connectivity index (χ1) is 13.3. The summed E-state index contributed by atoms with van der Waals surface area (Å²) in [7, 11) is -3.51. The van der Waals surface area contributed by atoms with E-state index in [1.165, 1.54) is 18.3 Å². The largest absolute Gasteiger partial charge is 0.365 e. The molecule has 3 aromatic rings. The molecule has 0 aliphatic rings. The van der Waals surface area contributed by atoms with Crippen molar-refractivity contribution in [1.29, 1.82) is 5.26 Å². The average Bonchev–Trinajstić information content (AvgIpc) is 3.05. The maximum absolute atomic E-state index is 13.4. The van der Waals surface area contributed by atoms with Crippen LogP contribution >= 0.6 is 0 Å². The smallest absolute Gasteiger partial charge is 0.283 e. The van der Waals surface area contributed by atoms with Crippen LogP contribution in [0.15, 0.2) is 53.7 Å². The van der Waals surface area contributed by atoms with Gasteiger partial charge in [-0.25, -0.2) is 26.9 Å². The van der Waals surface area contributed by atoms with Crippen LogP contribution in [0.3, 0.4) is 0 Å². The number of hydrogen-bond acceptors (Lipinski definition) is 6. The van der Waals surface area contributed by atoms with Gasteiger partial charge in [-0.2, -0.15) is 10.4 Å². The third-order valence-corrected chi connectivity index (χ3v) is 4.88. The number of nitriles is 1. The lowest BCUT2D eigenvalue weighted by Gasteiger charge is -2.10. The van der Waals surface area contributed by atoms with E-state index in [-0.39, 0.29) is 28.6 Å². The molecular formula is C18H15F2N5O2S. The number of nitrogens with one attached hydrogen (secondary N) is 1. The Bertz CT molecular complexity index is 1120. The van der Waals surface area contributed by atoms with Crippen molar-refractivity contribution in [3.63, 3.8) is 0 Å². The molecule has 0 fully saturated rings. The summed E-state index contributed by atoms with van der Waals surface area (Å²) in [5.41, 5.74) is 0.179. The highest BCUT2D eigenvalue weighted by Gasteiger charge is 2.25. The molecule has 3 rings (SSSR count). The molecule has 0 unspecified atom stereocenters. The lowest BCUT2D eigenvalue weighted by molar-refractivity contribution is 0.145. The zero-order chi connectivity index (χ0) is 20.3. The van der Waals surface area contributed by atoms with Crippen molar-refractivity contribution in [2.45, 2.75) is 18.0 Å². The van der Waals surface area contributed by atoms with Gasteiger partial charge in [-0.15, -0.1) is 0 Å². The highest BCUT2D eigenvalue weighted by molar-refractivity contribution is 7.90. The van der Waals surface area contributed by atoms with Crippen molar-refractivity contribution in [1.82, 2.24) is 14.8 Å². The van der Waals surface area contributed by atoms with Crippen LogP contribution in [0.5, 0.6) is 0 Å². The second-order valence-electron chi connectivity index (χ2n) is 5.90. The maximum atomic E-state index is 13.4. The normalized spacial score (nSPS) is 11.4. The first-order valence-electron chi connectivity index (χ1n) is 8.06. The molecule has 2 heterocycles. The van der Waals surface area contributed by atoms with Gasteiger partial charge < -0.3 is 5.32 Å². The number of halogens is 2. The summed E-state index contributed by atoms with van der Waals surface area (Å²) in [5.74, 6) is 0.0792. The summed E-state index contributed by atoms with van der Waals surface area (Å²) in [6, 6.07) is 13.6. The van der Waals surface area contributed by atoms with Crippen molar-refractivity contribution in [2.75, 3.05) is 11.6 Å². The molecule has 0 spiro atoms. The number of alkyl halides is 2. The fraction of sp³-hybridized carbons (Fsp3) is 0.167. The molecule has 0 saturated carbocycles. The van der Waals surface area contributed by atoms with E-state index in [9.17, 15) is 22.5 Å². The van der Waals surface area contributed by atoms with Crippen molar-refractivity contribution in [3.8, 4) is 11.8 Å². The third-order valence-electron chi connectivity index (χ3n) is 3.88. The lowest BCUT2D eigenvalue weighted by atomic mass is 10.2. The number of rotatable bonds is 6. The van der Waals surface area contributed by atoms with Crippen LogP contribution in [0.2, 0.25) is 0 Å². The zero-order valence-corrected chi connectivity index (χ0v) is 15.5. The van der Waals surface area contributed by atoms with Crippen LogP contribution in [0.25, 0.3) is 5.69 Å². The van der Waals surface area contributed by atoms with E-state index in [1.807, 2.05) is 30.3 Å². The molecule has 0 saturated heterocycles. The molecule has 7 nitrogen and oxygen atoms in total. The van der Waals surface area contributed by atoms with E-state index >= 15 is 0 Å². The molecular weight excluding hydrogens is 388 g/mol. The van der Waals surface area contributed by atoms with E-state index < -0.39 is 22.0 Å². The SMILES string of the molecule is CS(=O)(=O)c1ccc(-n2nc(C(F)F)c(C#N)c2NCc2ccccc2)cn1. The van der Waals surface area contributed by atoms with Crippen LogP contribution in [0, 0.1) is 11.3 Å².